The molecule has 1 aliphatic heterocycles. The number of piperidine rings is 1. The molecule has 1 aliphatic rings. The van der Waals surface area contributed by atoms with E-state index in [2.05, 4.69) is 16.3 Å². The minimum atomic E-state index is -0.255. The first kappa shape index (κ1) is 23.3. The molecule has 35 heavy (non-hydrogen) atoms. The Morgan fingerprint density at radius 3 is 2.83 bits per heavy atom. The SMILES string of the molecule is CCOC(=O)[C@H]1CCCN(C(=O)CSc2nnc3c4ccccc4nc(-c4cccc(C)c4)n23)C1. The van der Waals surface area contributed by atoms with Crippen molar-refractivity contribution < 1.29 is 14.3 Å². The predicted octanol–water partition coefficient (Wildman–Crippen LogP) is 4.15. The Balaban J connectivity index is 1.44. The van der Waals surface area contributed by atoms with Crippen LogP contribution in [-0.4, -0.2) is 61.8 Å². The summed E-state index contributed by atoms with van der Waals surface area (Å²) in [7, 11) is 0. The van der Waals surface area contributed by atoms with Gasteiger partial charge in [-0.3, -0.25) is 14.0 Å². The van der Waals surface area contributed by atoms with Crippen LogP contribution in [0.3, 0.4) is 0 Å². The summed E-state index contributed by atoms with van der Waals surface area (Å²) in [5.41, 5.74) is 3.64. The molecule has 0 N–H and O–H groups in total. The van der Waals surface area contributed by atoms with Crippen molar-refractivity contribution in [1.29, 1.82) is 0 Å². The highest BCUT2D eigenvalue weighted by Crippen LogP contribution is 2.30. The van der Waals surface area contributed by atoms with Gasteiger partial charge in [0.2, 0.25) is 5.91 Å². The lowest BCUT2D eigenvalue weighted by Gasteiger charge is -2.31. The highest BCUT2D eigenvalue weighted by molar-refractivity contribution is 7.99. The second-order valence-electron chi connectivity index (χ2n) is 8.68. The number of aryl methyl sites for hydroxylation is 1. The molecule has 3 heterocycles. The first-order chi connectivity index (χ1) is 17.0. The highest BCUT2D eigenvalue weighted by atomic mass is 32.2. The third-order valence-corrected chi connectivity index (χ3v) is 7.13. The van der Waals surface area contributed by atoms with Crippen molar-refractivity contribution in [3.63, 3.8) is 0 Å². The van der Waals surface area contributed by atoms with Crippen LogP contribution in [-0.2, 0) is 14.3 Å². The van der Waals surface area contributed by atoms with E-state index >= 15 is 0 Å². The number of carbonyl (C=O) groups excluding carboxylic acids is 2. The molecule has 1 atom stereocenters. The standard InChI is InChI=1S/C26H27N5O3S/c1-3-34-25(33)19-10-7-13-30(15-19)22(32)16-35-26-29-28-24-20-11-4-5-12-21(20)27-23(31(24)26)18-9-6-8-17(2)14-18/h4-6,8-9,11-12,14,19H,3,7,10,13,15-16H2,1-2H3/t19-/m0/s1. The molecule has 4 aromatic rings. The van der Waals surface area contributed by atoms with Gasteiger partial charge in [0.1, 0.15) is 5.82 Å². The number of carbonyl (C=O) groups is 2. The Kier molecular flexibility index (Phi) is 6.68. The fourth-order valence-electron chi connectivity index (χ4n) is 4.50. The summed E-state index contributed by atoms with van der Waals surface area (Å²) in [4.78, 5) is 31.9. The summed E-state index contributed by atoms with van der Waals surface area (Å²) < 4.78 is 7.10. The fraction of sp³-hybridized carbons (Fsp3) is 0.346. The Bertz CT molecular complexity index is 1400. The minimum absolute atomic E-state index is 0.0217. The topological polar surface area (TPSA) is 89.7 Å². The van der Waals surface area contributed by atoms with Crippen LogP contribution in [0, 0.1) is 12.8 Å². The predicted molar refractivity (Wildman–Crippen MR) is 135 cm³/mol. The van der Waals surface area contributed by atoms with E-state index in [-0.39, 0.29) is 23.5 Å². The maximum atomic E-state index is 13.0. The lowest BCUT2D eigenvalue weighted by atomic mass is 9.98. The molecule has 1 fully saturated rings. The summed E-state index contributed by atoms with van der Waals surface area (Å²) in [5, 5.41) is 10.4. The first-order valence-electron chi connectivity index (χ1n) is 11.8. The number of fused-ring (bicyclic) bond motifs is 3. The van der Waals surface area contributed by atoms with E-state index in [9.17, 15) is 9.59 Å². The van der Waals surface area contributed by atoms with Crippen molar-refractivity contribution in [1.82, 2.24) is 24.5 Å². The molecular weight excluding hydrogens is 462 g/mol. The van der Waals surface area contributed by atoms with Crippen LogP contribution in [0.4, 0.5) is 0 Å². The average molecular weight is 490 g/mol. The number of likely N-dealkylation sites (tertiary alicyclic amines) is 1. The molecule has 0 bridgehead atoms. The molecule has 5 rings (SSSR count). The number of benzene rings is 2. The number of hydrogen-bond acceptors (Lipinski definition) is 7. The van der Waals surface area contributed by atoms with Crippen LogP contribution < -0.4 is 0 Å². The second-order valence-corrected chi connectivity index (χ2v) is 9.63. The largest absolute Gasteiger partial charge is 0.466 e. The van der Waals surface area contributed by atoms with Crippen molar-refractivity contribution in [2.75, 3.05) is 25.4 Å². The van der Waals surface area contributed by atoms with E-state index in [1.54, 1.807) is 11.8 Å². The third kappa shape index (κ3) is 4.73. The zero-order valence-corrected chi connectivity index (χ0v) is 20.6. The number of aromatic nitrogens is 4. The van der Waals surface area contributed by atoms with Crippen molar-refractivity contribution >= 4 is 40.2 Å². The Hall–Kier alpha value is -3.46. The Labute approximate surface area is 207 Å². The third-order valence-electron chi connectivity index (χ3n) is 6.21. The average Bonchev–Trinajstić information content (AvgIpc) is 3.31. The van der Waals surface area contributed by atoms with Crippen LogP contribution in [0.2, 0.25) is 0 Å². The molecule has 0 radical (unpaired) electrons. The number of rotatable bonds is 6. The quantitative estimate of drug-likeness (QED) is 0.297. The lowest BCUT2D eigenvalue weighted by molar-refractivity contribution is -0.151. The van der Waals surface area contributed by atoms with Gasteiger partial charge in [0.05, 0.1) is 23.8 Å². The summed E-state index contributed by atoms with van der Waals surface area (Å²) in [6.45, 7) is 5.25. The molecule has 0 aliphatic carbocycles. The van der Waals surface area contributed by atoms with Crippen molar-refractivity contribution in [2.45, 2.75) is 31.8 Å². The van der Waals surface area contributed by atoms with Crippen LogP contribution in [0.5, 0.6) is 0 Å². The maximum absolute atomic E-state index is 13.0. The molecule has 2 aromatic carbocycles. The highest BCUT2D eigenvalue weighted by Gasteiger charge is 2.29. The van der Waals surface area contributed by atoms with Gasteiger partial charge in [0.25, 0.3) is 0 Å². The smallest absolute Gasteiger partial charge is 0.310 e. The van der Waals surface area contributed by atoms with Gasteiger partial charge in [-0.05, 0) is 44.9 Å². The summed E-state index contributed by atoms with van der Waals surface area (Å²) in [6, 6.07) is 16.0. The van der Waals surface area contributed by atoms with Gasteiger partial charge >= 0.3 is 5.97 Å². The van der Waals surface area contributed by atoms with Gasteiger partial charge in [-0.2, -0.15) is 0 Å². The Morgan fingerprint density at radius 1 is 1.14 bits per heavy atom. The van der Waals surface area contributed by atoms with Crippen molar-refractivity contribution in [2.24, 2.45) is 5.92 Å². The van der Waals surface area contributed by atoms with Crippen molar-refractivity contribution in [3.05, 3.63) is 54.1 Å². The van der Waals surface area contributed by atoms with Crippen LogP contribution >= 0.6 is 11.8 Å². The first-order valence-corrected chi connectivity index (χ1v) is 12.8. The van der Waals surface area contributed by atoms with Crippen molar-refractivity contribution in [3.8, 4) is 11.4 Å². The molecule has 2 aromatic heterocycles. The molecular formula is C26H27N5O3S. The molecule has 9 heteroatoms. The van der Waals surface area contributed by atoms with Gasteiger partial charge < -0.3 is 9.64 Å². The van der Waals surface area contributed by atoms with Crippen LogP contribution in [0.15, 0.2) is 53.7 Å². The molecule has 180 valence electrons. The molecule has 8 nitrogen and oxygen atoms in total. The van der Waals surface area contributed by atoms with E-state index in [1.807, 2.05) is 53.8 Å². The number of amides is 1. The van der Waals surface area contributed by atoms with E-state index in [1.165, 1.54) is 11.8 Å². The van der Waals surface area contributed by atoms with Gasteiger partial charge in [-0.1, -0.05) is 47.7 Å². The molecule has 0 spiro atoms. The van der Waals surface area contributed by atoms with Crippen LogP contribution in [0.1, 0.15) is 25.3 Å². The van der Waals surface area contributed by atoms with Crippen LogP contribution in [0.25, 0.3) is 27.9 Å². The fourth-order valence-corrected chi connectivity index (χ4v) is 5.34. The van der Waals surface area contributed by atoms with Gasteiger partial charge in [-0.25, -0.2) is 4.98 Å². The molecule has 0 unspecified atom stereocenters. The Morgan fingerprint density at radius 2 is 2.00 bits per heavy atom. The summed E-state index contributed by atoms with van der Waals surface area (Å²) in [6.07, 6.45) is 1.55. The number of ether oxygens (including phenoxy) is 1. The number of hydrogen-bond donors (Lipinski definition) is 0. The zero-order chi connectivity index (χ0) is 24.4. The number of thioether (sulfide) groups is 1. The van der Waals surface area contributed by atoms with Gasteiger partial charge in [-0.15, -0.1) is 10.2 Å². The zero-order valence-electron chi connectivity index (χ0n) is 19.8. The summed E-state index contributed by atoms with van der Waals surface area (Å²) >= 11 is 1.34. The van der Waals surface area contributed by atoms with Gasteiger partial charge in [0, 0.05) is 24.0 Å². The molecule has 1 saturated heterocycles. The van der Waals surface area contributed by atoms with E-state index in [0.717, 1.165) is 40.7 Å². The lowest BCUT2D eigenvalue weighted by Crippen LogP contribution is -2.43. The summed E-state index contributed by atoms with van der Waals surface area (Å²) in [5.74, 6) is 0.447. The van der Waals surface area contributed by atoms with E-state index in [0.29, 0.717) is 30.5 Å². The maximum Gasteiger partial charge on any atom is 0.310 e. The second kappa shape index (κ2) is 10.0. The van der Waals surface area contributed by atoms with E-state index < -0.39 is 0 Å². The number of esters is 1. The van der Waals surface area contributed by atoms with Gasteiger partial charge in [0.15, 0.2) is 10.8 Å². The normalized spacial score (nSPS) is 16.1. The monoisotopic (exact) mass is 489 g/mol. The number of nitrogens with zero attached hydrogens (tertiary/aromatic N) is 5. The number of para-hydroxylation sites is 1. The minimum Gasteiger partial charge on any atom is -0.466 e. The van der Waals surface area contributed by atoms with E-state index in [4.69, 9.17) is 9.72 Å². The molecule has 1 amide bonds. The molecule has 0 saturated carbocycles.